The topological polar surface area (TPSA) is 82.6 Å². The van der Waals surface area contributed by atoms with Gasteiger partial charge in [-0.05, 0) is 35.9 Å². The fourth-order valence-corrected chi connectivity index (χ4v) is 3.05. The summed E-state index contributed by atoms with van der Waals surface area (Å²) >= 11 is 0. The molecule has 1 heterocycles. The van der Waals surface area contributed by atoms with Gasteiger partial charge in [-0.2, -0.15) is 31.4 Å². The van der Waals surface area contributed by atoms with E-state index in [0.29, 0.717) is 23.4 Å². The largest absolute Gasteiger partial charge is 0.416 e. The average molecular weight is 458 g/mol. The van der Waals surface area contributed by atoms with Crippen molar-refractivity contribution in [1.82, 2.24) is 5.43 Å². The molecular weight excluding hydrogens is 442 g/mol. The molecule has 3 N–H and O–H groups in total. The summed E-state index contributed by atoms with van der Waals surface area (Å²) in [5.74, 6) is -0.339. The van der Waals surface area contributed by atoms with Crippen molar-refractivity contribution in [2.75, 3.05) is 10.6 Å². The number of nitrogens with one attached hydrogen (secondary N) is 3. The van der Waals surface area contributed by atoms with E-state index >= 15 is 0 Å². The van der Waals surface area contributed by atoms with Crippen molar-refractivity contribution in [3.05, 3.63) is 59.2 Å². The predicted molar refractivity (Wildman–Crippen MR) is 104 cm³/mol. The highest BCUT2D eigenvalue weighted by atomic mass is 19.4. The van der Waals surface area contributed by atoms with E-state index in [4.69, 9.17) is 0 Å². The van der Waals surface area contributed by atoms with Gasteiger partial charge in [-0.25, -0.2) is 10.2 Å². The van der Waals surface area contributed by atoms with E-state index in [1.807, 2.05) is 12.2 Å². The third-order valence-electron chi connectivity index (χ3n) is 4.54. The Bertz CT molecular complexity index is 1030. The Morgan fingerprint density at radius 2 is 1.47 bits per heavy atom. The van der Waals surface area contributed by atoms with Crippen LogP contribution >= 0.6 is 0 Å². The lowest BCUT2D eigenvalue weighted by molar-refractivity contribution is -0.143. The van der Waals surface area contributed by atoms with Crippen LogP contribution in [-0.4, -0.2) is 17.6 Å². The molecule has 0 spiro atoms. The molecule has 3 rings (SSSR count). The maximum absolute atomic E-state index is 12.9. The number of carbonyl (C=O) groups is 2. The van der Waals surface area contributed by atoms with E-state index < -0.39 is 35.2 Å². The molecule has 2 aromatic carbocycles. The minimum Gasteiger partial charge on any atom is -0.308 e. The Morgan fingerprint density at radius 1 is 0.938 bits per heavy atom. The Labute approximate surface area is 177 Å². The number of alkyl halides is 6. The number of rotatable bonds is 3. The van der Waals surface area contributed by atoms with E-state index in [9.17, 15) is 35.9 Å². The summed E-state index contributed by atoms with van der Waals surface area (Å²) in [6.45, 7) is 1.82. The Kier molecular flexibility index (Phi) is 6.15. The third kappa shape index (κ3) is 5.56. The second-order valence-electron chi connectivity index (χ2n) is 7.09. The highest BCUT2D eigenvalue weighted by molar-refractivity contribution is 6.06. The molecule has 0 aliphatic carbocycles. The number of urea groups is 1. The first-order chi connectivity index (χ1) is 14.8. The number of hydrazone groups is 1. The molecule has 0 radical (unpaired) electrons. The summed E-state index contributed by atoms with van der Waals surface area (Å²) in [7, 11) is 0. The smallest absolute Gasteiger partial charge is 0.308 e. The zero-order chi connectivity index (χ0) is 23.7. The van der Waals surface area contributed by atoms with Crippen LogP contribution in [0, 0.1) is 5.92 Å². The number of carbonyl (C=O) groups excluding carboxylic acids is 2. The zero-order valence-electron chi connectivity index (χ0n) is 16.4. The zero-order valence-corrected chi connectivity index (χ0v) is 16.4. The molecule has 6 nitrogen and oxygen atoms in total. The predicted octanol–water partition coefficient (Wildman–Crippen LogP) is 5.23. The van der Waals surface area contributed by atoms with Crippen molar-refractivity contribution < 1.29 is 35.9 Å². The van der Waals surface area contributed by atoms with Gasteiger partial charge in [0.05, 0.1) is 16.8 Å². The molecule has 12 heteroatoms. The van der Waals surface area contributed by atoms with Gasteiger partial charge in [-0.3, -0.25) is 4.79 Å². The average Bonchev–Trinajstić information content (AvgIpc) is 2.67. The molecule has 0 fully saturated rings. The van der Waals surface area contributed by atoms with Gasteiger partial charge in [-0.1, -0.05) is 19.1 Å². The number of nitrogens with zero attached hydrogens (tertiary/aromatic N) is 1. The monoisotopic (exact) mass is 458 g/mol. The van der Waals surface area contributed by atoms with Crippen LogP contribution in [0.4, 0.5) is 42.5 Å². The van der Waals surface area contributed by atoms with Gasteiger partial charge >= 0.3 is 18.4 Å². The molecule has 3 amide bonds. The maximum atomic E-state index is 12.9. The first-order valence-corrected chi connectivity index (χ1v) is 9.17. The van der Waals surface area contributed by atoms with Crippen LogP contribution in [0.25, 0.3) is 0 Å². The van der Waals surface area contributed by atoms with Gasteiger partial charge in [0.1, 0.15) is 0 Å². The van der Waals surface area contributed by atoms with Gasteiger partial charge in [0.25, 0.3) is 0 Å². The van der Waals surface area contributed by atoms with Crippen LogP contribution in [-0.2, 0) is 17.1 Å². The second kappa shape index (κ2) is 8.52. The highest BCUT2D eigenvalue weighted by Crippen LogP contribution is 2.37. The fraction of sp³-hybridized carbons (Fsp3) is 0.250. The molecule has 1 aliphatic heterocycles. The minimum absolute atomic E-state index is 0.0286. The molecule has 0 bridgehead atoms. The van der Waals surface area contributed by atoms with Crippen LogP contribution in [0.5, 0.6) is 0 Å². The molecule has 170 valence electrons. The molecule has 32 heavy (non-hydrogen) atoms. The van der Waals surface area contributed by atoms with E-state index in [0.717, 1.165) is 0 Å². The molecular formula is C20H16F6N4O2. The van der Waals surface area contributed by atoms with Gasteiger partial charge < -0.3 is 10.6 Å². The summed E-state index contributed by atoms with van der Waals surface area (Å²) in [5.41, 5.74) is 0.174. The van der Waals surface area contributed by atoms with Gasteiger partial charge in [0.15, 0.2) is 0 Å². The van der Waals surface area contributed by atoms with Crippen molar-refractivity contribution in [3.63, 3.8) is 0 Å². The van der Waals surface area contributed by atoms with Crippen molar-refractivity contribution >= 4 is 29.0 Å². The third-order valence-corrected chi connectivity index (χ3v) is 4.54. The molecule has 2 aromatic rings. The first-order valence-electron chi connectivity index (χ1n) is 9.17. The quantitative estimate of drug-likeness (QED) is 0.551. The van der Waals surface area contributed by atoms with Gasteiger partial charge in [0, 0.05) is 23.7 Å². The molecule has 1 unspecified atom stereocenters. The number of halogens is 6. The first kappa shape index (κ1) is 23.1. The Balaban J connectivity index is 1.74. The normalized spacial score (nSPS) is 16.8. The van der Waals surface area contributed by atoms with E-state index in [1.54, 1.807) is 12.1 Å². The summed E-state index contributed by atoms with van der Waals surface area (Å²) in [4.78, 5) is 23.5. The Morgan fingerprint density at radius 3 is 1.97 bits per heavy atom. The summed E-state index contributed by atoms with van der Waals surface area (Å²) in [6, 6.07) is 5.94. The lowest BCUT2D eigenvalue weighted by Crippen LogP contribution is -2.31. The number of amides is 3. The summed E-state index contributed by atoms with van der Waals surface area (Å²) in [6.07, 6.45) is -9.79. The highest BCUT2D eigenvalue weighted by Gasteiger charge is 2.37. The lowest BCUT2D eigenvalue weighted by atomic mass is 9.94. The van der Waals surface area contributed by atoms with Crippen LogP contribution in [0.2, 0.25) is 0 Å². The number of benzene rings is 2. The maximum Gasteiger partial charge on any atom is 0.416 e. The standard InChI is InChI=1S/C20H16F6N4O2/c1-10-6-16(31)29-30-17(10)11-2-4-14(5-3-11)27-18(32)28-15-8-12(19(21,22)23)7-13(9-15)20(24,25)26/h2-5,7-10H,6H2,1H3,(H,29,31)(H2,27,28,32). The van der Waals surface area contributed by atoms with Crippen molar-refractivity contribution in [3.8, 4) is 0 Å². The van der Waals surface area contributed by atoms with Crippen LogP contribution < -0.4 is 16.1 Å². The molecule has 1 aliphatic rings. The van der Waals surface area contributed by atoms with Crippen molar-refractivity contribution in [1.29, 1.82) is 0 Å². The van der Waals surface area contributed by atoms with Crippen molar-refractivity contribution in [2.24, 2.45) is 11.0 Å². The molecule has 0 saturated heterocycles. The van der Waals surface area contributed by atoms with Gasteiger partial charge in [0.2, 0.25) is 5.91 Å². The van der Waals surface area contributed by atoms with Crippen LogP contribution in [0.1, 0.15) is 30.0 Å². The summed E-state index contributed by atoms with van der Waals surface area (Å²) < 4.78 is 77.6. The fourth-order valence-electron chi connectivity index (χ4n) is 3.05. The van der Waals surface area contributed by atoms with E-state index in [2.05, 4.69) is 15.8 Å². The van der Waals surface area contributed by atoms with Gasteiger partial charge in [-0.15, -0.1) is 0 Å². The molecule has 0 saturated carbocycles. The van der Waals surface area contributed by atoms with Crippen LogP contribution in [0.3, 0.4) is 0 Å². The van der Waals surface area contributed by atoms with Crippen molar-refractivity contribution in [2.45, 2.75) is 25.7 Å². The SMILES string of the molecule is CC1CC(=O)NN=C1c1ccc(NC(=O)Nc2cc(C(F)(F)F)cc(C(F)(F)F)c2)cc1. The van der Waals surface area contributed by atoms with Crippen LogP contribution in [0.15, 0.2) is 47.6 Å². The number of anilines is 2. The number of hydrogen-bond donors (Lipinski definition) is 3. The minimum atomic E-state index is -5.03. The Hall–Kier alpha value is -3.57. The summed E-state index contributed by atoms with van der Waals surface area (Å²) in [5, 5.41) is 8.31. The second-order valence-corrected chi connectivity index (χ2v) is 7.09. The number of hydrogen-bond acceptors (Lipinski definition) is 3. The molecule has 1 atom stereocenters. The lowest BCUT2D eigenvalue weighted by Gasteiger charge is -2.19. The molecule has 0 aromatic heterocycles. The van der Waals surface area contributed by atoms with E-state index in [-0.39, 0.29) is 30.0 Å². The van der Waals surface area contributed by atoms with E-state index in [1.165, 1.54) is 12.1 Å².